The number of phenolic OH excluding ortho intramolecular Hbond substituents is 2. The third-order valence-electron chi connectivity index (χ3n) is 12.8. The summed E-state index contributed by atoms with van der Waals surface area (Å²) in [5, 5.41) is 24.4. The molecule has 0 heterocycles. The molecule has 0 saturated heterocycles. The molecule has 2 nitrogen and oxygen atoms in total. The first-order valence-electron chi connectivity index (χ1n) is 20.9. The molecule has 7 rings (SSSR count). The highest BCUT2D eigenvalue weighted by Gasteiger charge is 2.34. The van der Waals surface area contributed by atoms with Crippen LogP contribution in [0.25, 0.3) is 0 Å². The van der Waals surface area contributed by atoms with Crippen LogP contribution in [-0.2, 0) is 33.2 Å². The molecular formula is C56H58O2S2. The van der Waals surface area contributed by atoms with E-state index >= 15 is 0 Å². The largest absolute Gasteiger partial charge is 0.507 e. The Morgan fingerprint density at radius 1 is 0.333 bits per heavy atom. The summed E-state index contributed by atoms with van der Waals surface area (Å²) in [6.45, 7) is 17.9. The first kappa shape index (κ1) is 42.9. The van der Waals surface area contributed by atoms with Crippen LogP contribution in [0.2, 0.25) is 0 Å². The van der Waals surface area contributed by atoms with Gasteiger partial charge in [0.1, 0.15) is 11.5 Å². The van der Waals surface area contributed by atoms with Crippen LogP contribution in [0.15, 0.2) is 180 Å². The second-order valence-corrected chi connectivity index (χ2v) is 20.1. The second-order valence-electron chi connectivity index (χ2n) is 18.1. The van der Waals surface area contributed by atoms with Gasteiger partial charge >= 0.3 is 0 Å². The molecule has 2 N–H and O–H groups in total. The van der Waals surface area contributed by atoms with Crippen molar-refractivity contribution in [1.29, 1.82) is 0 Å². The molecule has 0 aliphatic rings. The van der Waals surface area contributed by atoms with Crippen molar-refractivity contribution < 1.29 is 10.2 Å². The van der Waals surface area contributed by atoms with Crippen molar-refractivity contribution in [3.8, 4) is 11.5 Å². The Labute approximate surface area is 367 Å². The highest BCUT2D eigenvalue weighted by molar-refractivity contribution is 8.01. The number of rotatable bonds is 14. The monoisotopic (exact) mass is 826 g/mol. The van der Waals surface area contributed by atoms with Gasteiger partial charge in [0.15, 0.2) is 0 Å². The molecule has 0 atom stereocenters. The molecule has 0 radical (unpaired) electrons. The predicted molar refractivity (Wildman–Crippen MR) is 256 cm³/mol. The van der Waals surface area contributed by atoms with Gasteiger partial charge in [-0.2, -0.15) is 0 Å². The van der Waals surface area contributed by atoms with E-state index in [-0.39, 0.29) is 10.8 Å². The predicted octanol–water partition coefficient (Wildman–Crippen LogP) is 15.0. The minimum atomic E-state index is -0.430. The first-order chi connectivity index (χ1) is 28.6. The normalized spacial score (nSPS) is 12.4. The van der Waals surface area contributed by atoms with Gasteiger partial charge < -0.3 is 10.2 Å². The number of aromatic hydroxyl groups is 2. The van der Waals surface area contributed by atoms with Gasteiger partial charge in [0.25, 0.3) is 0 Å². The highest BCUT2D eigenvalue weighted by Crippen LogP contribution is 2.47. The Hall–Kier alpha value is -5.16. The van der Waals surface area contributed by atoms with Gasteiger partial charge in [0.05, 0.1) is 0 Å². The third kappa shape index (κ3) is 8.69. The lowest BCUT2D eigenvalue weighted by Crippen LogP contribution is -2.24. The van der Waals surface area contributed by atoms with Crippen molar-refractivity contribution in [3.63, 3.8) is 0 Å². The first-order valence-corrected chi connectivity index (χ1v) is 22.9. The highest BCUT2D eigenvalue weighted by atomic mass is 32.2. The second kappa shape index (κ2) is 17.4. The smallest absolute Gasteiger partial charge is 0.123 e. The van der Waals surface area contributed by atoms with Crippen molar-refractivity contribution in [2.24, 2.45) is 0 Å². The molecule has 0 aromatic heterocycles. The van der Waals surface area contributed by atoms with Crippen LogP contribution in [0.1, 0.15) is 111 Å². The summed E-state index contributed by atoms with van der Waals surface area (Å²) in [6, 6.07) is 59.7. The van der Waals surface area contributed by atoms with E-state index in [4.69, 9.17) is 0 Å². The van der Waals surface area contributed by atoms with Gasteiger partial charge in [-0.3, -0.25) is 0 Å². The van der Waals surface area contributed by atoms with Crippen LogP contribution in [0.3, 0.4) is 0 Å². The van der Waals surface area contributed by atoms with E-state index in [1.807, 2.05) is 12.1 Å². The molecule has 0 aliphatic heterocycles. The van der Waals surface area contributed by atoms with E-state index in [0.29, 0.717) is 23.0 Å². The number of hydrogen-bond donors (Lipinski definition) is 2. The van der Waals surface area contributed by atoms with E-state index in [1.165, 1.54) is 22.3 Å². The molecule has 0 fully saturated rings. The molecule has 0 bridgehead atoms. The summed E-state index contributed by atoms with van der Waals surface area (Å²) >= 11 is 3.50. The summed E-state index contributed by atoms with van der Waals surface area (Å²) < 4.78 is 0. The summed E-state index contributed by atoms with van der Waals surface area (Å²) in [5.41, 5.74) is 9.38. The molecule has 7 aromatic carbocycles. The topological polar surface area (TPSA) is 40.5 Å². The van der Waals surface area contributed by atoms with Crippen LogP contribution in [0.4, 0.5) is 0 Å². The van der Waals surface area contributed by atoms with Crippen LogP contribution in [-0.4, -0.2) is 10.2 Å². The standard InChI is InChI=1S/C56H58O2S2/c1-53(2,41-23-13-9-14-24-41)45-33-39(51(57)47(35-45)55(5,6)43-27-17-11-18-28-43)37-59-49-31-21-22-32-50(49)60-38-40-34-46(54(3,4)42-25-15-10-16-26-42)36-48(52(40)58)56(7,8)44-29-19-12-20-30-44/h9-36,57-58H,37-38H2,1-8H3. The minimum absolute atomic E-state index is 0.288. The number of thioether (sulfide) groups is 2. The van der Waals surface area contributed by atoms with Crippen molar-refractivity contribution in [1.82, 2.24) is 0 Å². The average Bonchev–Trinajstić information content (AvgIpc) is 3.27. The SMILES string of the molecule is CC(C)(c1ccccc1)c1cc(CSc2ccccc2SCc2cc(C(C)(C)c3ccccc3)cc(C(C)(C)c3ccccc3)c2O)c(O)c(C(C)(C)c2ccccc2)c1. The van der Waals surface area contributed by atoms with Gasteiger partial charge in [-0.05, 0) is 45.5 Å². The van der Waals surface area contributed by atoms with E-state index in [0.717, 1.165) is 43.2 Å². The maximum Gasteiger partial charge on any atom is 0.123 e. The maximum absolute atomic E-state index is 12.2. The Bertz CT molecular complexity index is 2360. The maximum atomic E-state index is 12.2. The molecule has 60 heavy (non-hydrogen) atoms. The lowest BCUT2D eigenvalue weighted by molar-refractivity contribution is 0.446. The molecule has 0 aliphatic carbocycles. The third-order valence-corrected chi connectivity index (χ3v) is 15.1. The zero-order valence-corrected chi connectivity index (χ0v) is 37.9. The summed E-state index contributed by atoms with van der Waals surface area (Å²) in [6.07, 6.45) is 0. The Kier molecular flexibility index (Phi) is 12.5. The fraction of sp³-hybridized carbons (Fsp3) is 0.250. The van der Waals surface area contributed by atoms with E-state index < -0.39 is 10.8 Å². The van der Waals surface area contributed by atoms with Crippen LogP contribution in [0.5, 0.6) is 11.5 Å². The number of phenols is 2. The van der Waals surface area contributed by atoms with Crippen molar-refractivity contribution in [2.45, 2.75) is 98.3 Å². The van der Waals surface area contributed by atoms with E-state index in [2.05, 4.69) is 213 Å². The fourth-order valence-corrected chi connectivity index (χ4v) is 10.5. The Balaban J connectivity index is 1.23. The molecule has 306 valence electrons. The van der Waals surface area contributed by atoms with Crippen molar-refractivity contribution in [2.75, 3.05) is 0 Å². The Morgan fingerprint density at radius 3 is 0.900 bits per heavy atom. The van der Waals surface area contributed by atoms with Gasteiger partial charge in [-0.1, -0.05) is 213 Å². The lowest BCUT2D eigenvalue weighted by Gasteiger charge is -2.32. The summed E-state index contributed by atoms with van der Waals surface area (Å²) in [7, 11) is 0. The van der Waals surface area contributed by atoms with Crippen LogP contribution in [0, 0.1) is 0 Å². The number of hydrogen-bond acceptors (Lipinski definition) is 4. The van der Waals surface area contributed by atoms with Gasteiger partial charge in [0, 0.05) is 65.2 Å². The minimum Gasteiger partial charge on any atom is -0.507 e. The summed E-state index contributed by atoms with van der Waals surface area (Å²) in [4.78, 5) is 2.28. The Morgan fingerprint density at radius 2 is 0.600 bits per heavy atom. The van der Waals surface area contributed by atoms with Crippen LogP contribution >= 0.6 is 23.5 Å². The zero-order valence-electron chi connectivity index (χ0n) is 36.3. The van der Waals surface area contributed by atoms with Gasteiger partial charge in [0.2, 0.25) is 0 Å². The lowest BCUT2D eigenvalue weighted by atomic mass is 9.72. The molecule has 0 unspecified atom stereocenters. The molecule has 0 spiro atoms. The molecule has 7 aromatic rings. The zero-order chi connectivity index (χ0) is 42.7. The molecule has 0 amide bonds. The fourth-order valence-electron chi connectivity index (χ4n) is 8.35. The van der Waals surface area contributed by atoms with E-state index in [1.54, 1.807) is 23.5 Å². The van der Waals surface area contributed by atoms with Crippen LogP contribution < -0.4 is 0 Å². The molecular weight excluding hydrogens is 769 g/mol. The van der Waals surface area contributed by atoms with E-state index in [9.17, 15) is 10.2 Å². The molecule has 4 heteroatoms. The summed E-state index contributed by atoms with van der Waals surface area (Å²) in [5.74, 6) is 1.90. The molecule has 0 saturated carbocycles. The van der Waals surface area contributed by atoms with Gasteiger partial charge in [-0.15, -0.1) is 23.5 Å². The quantitative estimate of drug-likeness (QED) is 0.107. The number of benzene rings is 7. The van der Waals surface area contributed by atoms with Crippen molar-refractivity contribution in [3.05, 3.63) is 225 Å². The van der Waals surface area contributed by atoms with Crippen molar-refractivity contribution >= 4 is 23.5 Å². The van der Waals surface area contributed by atoms with Gasteiger partial charge in [-0.25, -0.2) is 0 Å². The average molecular weight is 827 g/mol.